The highest BCUT2D eigenvalue weighted by molar-refractivity contribution is 7.80. The lowest BCUT2D eigenvalue weighted by molar-refractivity contribution is -0.136. The van der Waals surface area contributed by atoms with Crippen LogP contribution in [0.4, 0.5) is 0 Å². The van der Waals surface area contributed by atoms with Gasteiger partial charge in [0, 0.05) is 6.54 Å². The molecule has 1 amide bonds. The lowest BCUT2D eigenvalue weighted by Gasteiger charge is -2.17. The van der Waals surface area contributed by atoms with E-state index in [0.717, 1.165) is 28.2 Å². The van der Waals surface area contributed by atoms with E-state index < -0.39 is 11.4 Å². The molecule has 0 spiro atoms. The Hall–Kier alpha value is -2.77. The molecule has 168 valence electrons. The molecule has 1 unspecified atom stereocenters. The number of nitrogens with one attached hydrogen (secondary N) is 1. The van der Waals surface area contributed by atoms with Crippen LogP contribution in [0.2, 0.25) is 0 Å². The minimum absolute atomic E-state index is 0.0915. The SMILES string of the molecule is CCc1ccc(-c2c(C)cc(OC(S)c3ccc(C(=O)NCCC(=O)O)s3)cc2C)cc1. The molecule has 0 bridgehead atoms. The van der Waals surface area contributed by atoms with Crippen LogP contribution in [0, 0.1) is 13.8 Å². The third kappa shape index (κ3) is 5.93. The summed E-state index contributed by atoms with van der Waals surface area (Å²) in [6.45, 7) is 6.38. The Balaban J connectivity index is 1.70. The number of carbonyl (C=O) groups excluding carboxylic acids is 1. The molecule has 1 heterocycles. The number of carboxylic acids is 1. The van der Waals surface area contributed by atoms with Crippen molar-refractivity contribution in [2.75, 3.05) is 6.54 Å². The van der Waals surface area contributed by atoms with E-state index in [-0.39, 0.29) is 18.9 Å². The van der Waals surface area contributed by atoms with Crippen molar-refractivity contribution in [1.82, 2.24) is 5.32 Å². The van der Waals surface area contributed by atoms with Crippen LogP contribution in [0.15, 0.2) is 48.5 Å². The number of rotatable bonds is 9. The molecular weight excluding hydrogens is 442 g/mol. The summed E-state index contributed by atoms with van der Waals surface area (Å²) in [7, 11) is 0. The second-order valence-electron chi connectivity index (χ2n) is 7.55. The molecule has 1 atom stereocenters. The van der Waals surface area contributed by atoms with Crippen LogP contribution in [0.1, 0.15) is 50.0 Å². The van der Waals surface area contributed by atoms with Gasteiger partial charge in [0.15, 0.2) is 5.44 Å². The molecule has 0 aliphatic carbocycles. The van der Waals surface area contributed by atoms with E-state index >= 15 is 0 Å². The highest BCUT2D eigenvalue weighted by atomic mass is 32.1. The number of amides is 1. The van der Waals surface area contributed by atoms with E-state index in [9.17, 15) is 9.59 Å². The Morgan fingerprint density at radius 1 is 1.09 bits per heavy atom. The summed E-state index contributed by atoms with van der Waals surface area (Å²) in [6, 6.07) is 16.2. The first-order chi connectivity index (χ1) is 15.3. The van der Waals surface area contributed by atoms with Gasteiger partial charge in [-0.2, -0.15) is 0 Å². The van der Waals surface area contributed by atoms with Gasteiger partial charge >= 0.3 is 5.97 Å². The Labute approximate surface area is 197 Å². The normalized spacial score (nSPS) is 11.8. The highest BCUT2D eigenvalue weighted by Gasteiger charge is 2.16. The second-order valence-corrected chi connectivity index (χ2v) is 9.14. The zero-order valence-electron chi connectivity index (χ0n) is 18.3. The van der Waals surface area contributed by atoms with Gasteiger partial charge in [-0.05, 0) is 72.4 Å². The van der Waals surface area contributed by atoms with Crippen LogP contribution < -0.4 is 10.1 Å². The van der Waals surface area contributed by atoms with Gasteiger partial charge < -0.3 is 15.2 Å². The summed E-state index contributed by atoms with van der Waals surface area (Å²) in [5, 5.41) is 11.3. The van der Waals surface area contributed by atoms with Gasteiger partial charge in [-0.25, -0.2) is 0 Å². The average molecular weight is 470 g/mol. The molecule has 2 N–H and O–H groups in total. The molecule has 3 aromatic rings. The molecule has 0 fully saturated rings. The third-order valence-electron chi connectivity index (χ3n) is 5.12. The summed E-state index contributed by atoms with van der Waals surface area (Å²) in [6.07, 6.45) is 0.905. The van der Waals surface area contributed by atoms with Crippen molar-refractivity contribution in [2.24, 2.45) is 0 Å². The van der Waals surface area contributed by atoms with Crippen LogP contribution >= 0.6 is 24.0 Å². The van der Waals surface area contributed by atoms with Gasteiger partial charge in [0.05, 0.1) is 16.2 Å². The standard InChI is InChI=1S/C25H27NO4S2/c1-4-17-5-7-18(8-6-17)23-15(2)13-19(14-16(23)3)30-25(31)21-10-9-20(32-21)24(29)26-12-11-22(27)28/h5-10,13-14,25,31H,4,11-12H2,1-3H3,(H,26,29)(H,27,28). The maximum absolute atomic E-state index is 12.2. The largest absolute Gasteiger partial charge is 0.481 e. The zero-order chi connectivity index (χ0) is 23.3. The summed E-state index contributed by atoms with van der Waals surface area (Å²) in [4.78, 5) is 24.0. The summed E-state index contributed by atoms with van der Waals surface area (Å²) in [5.41, 5.74) is 5.42. The molecule has 3 rings (SSSR count). The molecule has 7 heteroatoms. The fourth-order valence-corrected chi connectivity index (χ4v) is 4.72. The minimum Gasteiger partial charge on any atom is -0.481 e. The van der Waals surface area contributed by atoms with Gasteiger partial charge in [0.25, 0.3) is 5.91 Å². The van der Waals surface area contributed by atoms with Crippen molar-refractivity contribution in [3.8, 4) is 16.9 Å². The lowest BCUT2D eigenvalue weighted by Crippen LogP contribution is -2.25. The predicted molar refractivity (Wildman–Crippen MR) is 132 cm³/mol. The van der Waals surface area contributed by atoms with Crippen molar-refractivity contribution >= 4 is 35.8 Å². The first kappa shape index (κ1) is 23.9. The van der Waals surface area contributed by atoms with Crippen LogP contribution in [0.5, 0.6) is 5.75 Å². The first-order valence-electron chi connectivity index (χ1n) is 10.4. The van der Waals surface area contributed by atoms with Gasteiger partial charge in [-0.15, -0.1) is 24.0 Å². The molecule has 1 aromatic heterocycles. The van der Waals surface area contributed by atoms with Crippen molar-refractivity contribution in [2.45, 2.75) is 39.0 Å². The van der Waals surface area contributed by atoms with Crippen LogP contribution in [0.25, 0.3) is 11.1 Å². The molecule has 0 aliphatic heterocycles. The third-order valence-corrected chi connectivity index (χ3v) is 6.81. The van der Waals surface area contributed by atoms with Gasteiger partial charge in [0.2, 0.25) is 0 Å². The lowest BCUT2D eigenvalue weighted by atomic mass is 9.94. The van der Waals surface area contributed by atoms with E-state index in [2.05, 4.69) is 63.0 Å². The number of benzene rings is 2. The molecular formula is C25H27NO4S2. The van der Waals surface area contributed by atoms with Gasteiger partial charge in [-0.1, -0.05) is 31.2 Å². The Morgan fingerprint density at radius 3 is 2.34 bits per heavy atom. The summed E-state index contributed by atoms with van der Waals surface area (Å²) >= 11 is 5.85. The van der Waals surface area contributed by atoms with Crippen LogP contribution in [-0.2, 0) is 11.2 Å². The number of hydrogen-bond acceptors (Lipinski definition) is 5. The highest BCUT2D eigenvalue weighted by Crippen LogP contribution is 2.35. The molecule has 32 heavy (non-hydrogen) atoms. The fraction of sp³-hybridized carbons (Fsp3) is 0.280. The van der Waals surface area contributed by atoms with Crippen molar-refractivity contribution in [3.05, 3.63) is 75.0 Å². The summed E-state index contributed by atoms with van der Waals surface area (Å²) < 4.78 is 6.06. The number of hydrogen-bond donors (Lipinski definition) is 3. The number of carbonyl (C=O) groups is 2. The number of thiol groups is 1. The van der Waals surface area contributed by atoms with E-state index in [1.165, 1.54) is 28.0 Å². The number of carboxylic acid groups (broad SMARTS) is 1. The number of ether oxygens (including phenoxy) is 1. The Morgan fingerprint density at radius 2 is 1.75 bits per heavy atom. The molecule has 0 saturated carbocycles. The number of thiophene rings is 1. The fourth-order valence-electron chi connectivity index (χ4n) is 3.52. The molecule has 0 saturated heterocycles. The number of aryl methyl sites for hydroxylation is 3. The second kappa shape index (κ2) is 10.7. The first-order valence-corrected chi connectivity index (χ1v) is 11.8. The monoisotopic (exact) mass is 469 g/mol. The van der Waals surface area contributed by atoms with E-state index in [0.29, 0.717) is 4.88 Å². The van der Waals surface area contributed by atoms with Crippen LogP contribution in [0.3, 0.4) is 0 Å². The van der Waals surface area contributed by atoms with Crippen LogP contribution in [-0.4, -0.2) is 23.5 Å². The minimum atomic E-state index is -0.949. The van der Waals surface area contributed by atoms with Crippen molar-refractivity contribution in [3.63, 3.8) is 0 Å². The smallest absolute Gasteiger partial charge is 0.305 e. The van der Waals surface area contributed by atoms with Gasteiger partial charge in [0.1, 0.15) is 5.75 Å². The maximum atomic E-state index is 12.2. The summed E-state index contributed by atoms with van der Waals surface area (Å²) in [5.74, 6) is -0.529. The molecule has 5 nitrogen and oxygen atoms in total. The van der Waals surface area contributed by atoms with Crippen molar-refractivity contribution in [1.29, 1.82) is 0 Å². The quantitative estimate of drug-likeness (QED) is 0.273. The topological polar surface area (TPSA) is 75.6 Å². The van der Waals surface area contributed by atoms with E-state index in [1.54, 1.807) is 12.1 Å². The Kier molecular flexibility index (Phi) is 7.99. The molecule has 0 radical (unpaired) electrons. The average Bonchev–Trinajstić information content (AvgIpc) is 3.24. The van der Waals surface area contributed by atoms with E-state index in [1.807, 2.05) is 12.1 Å². The van der Waals surface area contributed by atoms with Gasteiger partial charge in [-0.3, -0.25) is 9.59 Å². The number of aliphatic carboxylic acids is 1. The molecule has 0 aliphatic rings. The predicted octanol–water partition coefficient (Wildman–Crippen LogP) is 5.81. The maximum Gasteiger partial charge on any atom is 0.305 e. The van der Waals surface area contributed by atoms with E-state index in [4.69, 9.17) is 9.84 Å². The van der Waals surface area contributed by atoms with Crippen molar-refractivity contribution < 1.29 is 19.4 Å². The molecule has 2 aromatic carbocycles. The Bertz CT molecular complexity index is 1080. The zero-order valence-corrected chi connectivity index (χ0v) is 20.1.